The summed E-state index contributed by atoms with van der Waals surface area (Å²) in [6.45, 7) is 5.65. The van der Waals surface area contributed by atoms with Gasteiger partial charge < -0.3 is 10.2 Å². The van der Waals surface area contributed by atoms with Gasteiger partial charge in [-0.2, -0.15) is 0 Å². The van der Waals surface area contributed by atoms with Crippen molar-refractivity contribution in [3.05, 3.63) is 16.9 Å². The molecule has 5 heteroatoms. The first-order chi connectivity index (χ1) is 8.29. The molecule has 2 aliphatic heterocycles. The van der Waals surface area contributed by atoms with E-state index in [4.69, 9.17) is 0 Å². The number of nitrogens with zero attached hydrogens (tertiary/aromatic N) is 3. The Bertz CT molecular complexity index is 394. The van der Waals surface area contributed by atoms with E-state index in [2.05, 4.69) is 43.0 Å². The molecule has 2 fully saturated rings. The van der Waals surface area contributed by atoms with E-state index in [1.165, 1.54) is 6.42 Å². The van der Waals surface area contributed by atoms with Gasteiger partial charge in [0.05, 0.1) is 4.47 Å². The Labute approximate surface area is 110 Å². The van der Waals surface area contributed by atoms with Crippen LogP contribution in [0.15, 0.2) is 16.9 Å². The zero-order chi connectivity index (χ0) is 11.8. The second-order valence-electron chi connectivity index (χ2n) is 4.91. The van der Waals surface area contributed by atoms with Crippen LogP contribution in [0.1, 0.15) is 13.3 Å². The summed E-state index contributed by atoms with van der Waals surface area (Å²) in [5.74, 6) is 2.42. The Kier molecular flexibility index (Phi) is 3.04. The largest absolute Gasteiger partial charge is 0.337 e. The van der Waals surface area contributed by atoms with E-state index in [1.54, 1.807) is 0 Å². The van der Waals surface area contributed by atoms with Crippen molar-refractivity contribution in [2.45, 2.75) is 19.4 Å². The molecule has 2 saturated heterocycles. The highest BCUT2D eigenvalue weighted by molar-refractivity contribution is 9.10. The molecule has 1 aromatic heterocycles. The molecule has 17 heavy (non-hydrogen) atoms. The molecule has 0 aliphatic carbocycles. The van der Waals surface area contributed by atoms with Gasteiger partial charge in [-0.25, -0.2) is 9.97 Å². The van der Waals surface area contributed by atoms with Gasteiger partial charge in [0.25, 0.3) is 0 Å². The third-order valence-corrected chi connectivity index (χ3v) is 4.41. The van der Waals surface area contributed by atoms with Crippen molar-refractivity contribution in [2.75, 3.05) is 24.5 Å². The predicted molar refractivity (Wildman–Crippen MR) is 71.0 cm³/mol. The smallest absolute Gasteiger partial charge is 0.225 e. The van der Waals surface area contributed by atoms with Crippen LogP contribution < -0.4 is 10.2 Å². The van der Waals surface area contributed by atoms with Crippen molar-refractivity contribution in [1.29, 1.82) is 0 Å². The number of rotatable bonds is 2. The monoisotopic (exact) mass is 296 g/mol. The van der Waals surface area contributed by atoms with E-state index in [0.29, 0.717) is 6.04 Å². The molecular weight excluding hydrogens is 280 g/mol. The van der Waals surface area contributed by atoms with Crippen LogP contribution in [0.25, 0.3) is 0 Å². The van der Waals surface area contributed by atoms with E-state index in [1.807, 2.05) is 12.4 Å². The quantitative estimate of drug-likeness (QED) is 0.901. The highest BCUT2D eigenvalue weighted by Crippen LogP contribution is 2.35. The van der Waals surface area contributed by atoms with E-state index in [9.17, 15) is 0 Å². The second-order valence-corrected chi connectivity index (χ2v) is 5.83. The van der Waals surface area contributed by atoms with Gasteiger partial charge in [-0.15, -0.1) is 0 Å². The lowest BCUT2D eigenvalue weighted by atomic mass is 9.93. The molecule has 0 bridgehead atoms. The molecule has 0 spiro atoms. The summed E-state index contributed by atoms with van der Waals surface area (Å²) in [4.78, 5) is 11.3. The fraction of sp³-hybridized carbons (Fsp3) is 0.667. The van der Waals surface area contributed by atoms with Crippen LogP contribution in [0.4, 0.5) is 5.95 Å². The number of nitrogens with one attached hydrogen (secondary N) is 1. The summed E-state index contributed by atoms with van der Waals surface area (Å²) in [5.41, 5.74) is 0. The fourth-order valence-electron chi connectivity index (χ4n) is 3.23. The van der Waals surface area contributed by atoms with Gasteiger partial charge in [0, 0.05) is 38.1 Å². The van der Waals surface area contributed by atoms with Crippen molar-refractivity contribution >= 4 is 21.9 Å². The van der Waals surface area contributed by atoms with E-state index >= 15 is 0 Å². The van der Waals surface area contributed by atoms with E-state index in [0.717, 1.165) is 41.9 Å². The van der Waals surface area contributed by atoms with Crippen molar-refractivity contribution in [3.8, 4) is 0 Å². The predicted octanol–water partition coefficient (Wildman–Crippen LogP) is 1.67. The summed E-state index contributed by atoms with van der Waals surface area (Å²) in [5, 5.41) is 3.49. The SMILES string of the molecule is CCC1C2CNCC2CN1c1ncc(Br)cn1. The lowest BCUT2D eigenvalue weighted by Gasteiger charge is -2.26. The van der Waals surface area contributed by atoms with Crippen molar-refractivity contribution in [2.24, 2.45) is 11.8 Å². The van der Waals surface area contributed by atoms with Crippen LogP contribution in [-0.2, 0) is 0 Å². The third kappa shape index (κ3) is 1.95. The standard InChI is InChI=1S/C12H17BrN4/c1-2-11-10-6-14-3-8(10)7-17(11)12-15-4-9(13)5-16-12/h4-5,8,10-11,14H,2-3,6-7H2,1H3. The Morgan fingerprint density at radius 1 is 1.41 bits per heavy atom. The van der Waals surface area contributed by atoms with Crippen molar-refractivity contribution in [1.82, 2.24) is 15.3 Å². The molecular formula is C12H17BrN4. The van der Waals surface area contributed by atoms with Gasteiger partial charge in [-0.05, 0) is 34.2 Å². The van der Waals surface area contributed by atoms with Crippen LogP contribution >= 0.6 is 15.9 Å². The number of aromatic nitrogens is 2. The molecule has 92 valence electrons. The first kappa shape index (κ1) is 11.4. The zero-order valence-electron chi connectivity index (χ0n) is 9.93. The van der Waals surface area contributed by atoms with E-state index < -0.39 is 0 Å². The number of halogens is 1. The second kappa shape index (κ2) is 4.53. The highest BCUT2D eigenvalue weighted by atomic mass is 79.9. The Morgan fingerprint density at radius 3 is 2.88 bits per heavy atom. The summed E-state index contributed by atoms with van der Waals surface area (Å²) in [6, 6.07) is 0.594. The molecule has 0 saturated carbocycles. The summed E-state index contributed by atoms with van der Waals surface area (Å²) in [7, 11) is 0. The molecule has 0 amide bonds. The minimum Gasteiger partial charge on any atom is -0.337 e. The lowest BCUT2D eigenvalue weighted by molar-refractivity contribution is 0.440. The van der Waals surface area contributed by atoms with Crippen molar-refractivity contribution in [3.63, 3.8) is 0 Å². The molecule has 3 heterocycles. The number of hydrogen-bond donors (Lipinski definition) is 1. The fourth-order valence-corrected chi connectivity index (χ4v) is 3.43. The van der Waals surface area contributed by atoms with Crippen LogP contribution in [-0.4, -0.2) is 35.6 Å². The molecule has 3 unspecified atom stereocenters. The van der Waals surface area contributed by atoms with Crippen LogP contribution in [0.3, 0.4) is 0 Å². The molecule has 1 N–H and O–H groups in total. The van der Waals surface area contributed by atoms with E-state index in [-0.39, 0.29) is 0 Å². The summed E-state index contributed by atoms with van der Waals surface area (Å²) in [6.07, 6.45) is 4.84. The van der Waals surface area contributed by atoms with Gasteiger partial charge in [0.1, 0.15) is 0 Å². The van der Waals surface area contributed by atoms with Gasteiger partial charge in [-0.3, -0.25) is 0 Å². The molecule has 0 aromatic carbocycles. The maximum Gasteiger partial charge on any atom is 0.225 e. The van der Waals surface area contributed by atoms with Crippen LogP contribution in [0.5, 0.6) is 0 Å². The van der Waals surface area contributed by atoms with Gasteiger partial charge in [-0.1, -0.05) is 6.92 Å². The maximum absolute atomic E-state index is 4.43. The number of fused-ring (bicyclic) bond motifs is 1. The Morgan fingerprint density at radius 2 is 2.18 bits per heavy atom. The maximum atomic E-state index is 4.43. The van der Waals surface area contributed by atoms with Gasteiger partial charge >= 0.3 is 0 Å². The molecule has 3 atom stereocenters. The average molecular weight is 297 g/mol. The highest BCUT2D eigenvalue weighted by Gasteiger charge is 2.44. The topological polar surface area (TPSA) is 41.0 Å². The Hall–Kier alpha value is -0.680. The molecule has 4 nitrogen and oxygen atoms in total. The van der Waals surface area contributed by atoms with Gasteiger partial charge in [0.2, 0.25) is 5.95 Å². The number of hydrogen-bond acceptors (Lipinski definition) is 4. The van der Waals surface area contributed by atoms with Crippen LogP contribution in [0, 0.1) is 11.8 Å². The summed E-state index contributed by atoms with van der Waals surface area (Å²) >= 11 is 3.38. The van der Waals surface area contributed by atoms with Crippen LogP contribution in [0.2, 0.25) is 0 Å². The molecule has 1 aromatic rings. The molecule has 3 rings (SSSR count). The summed E-state index contributed by atoms with van der Waals surface area (Å²) < 4.78 is 0.940. The minimum absolute atomic E-state index is 0.594. The first-order valence-corrected chi connectivity index (χ1v) is 7.03. The van der Waals surface area contributed by atoms with Gasteiger partial charge in [0.15, 0.2) is 0 Å². The Balaban J connectivity index is 1.85. The lowest BCUT2D eigenvalue weighted by Crippen LogP contribution is -2.36. The normalized spacial score (nSPS) is 31.9. The van der Waals surface area contributed by atoms with Crippen molar-refractivity contribution < 1.29 is 0 Å². The third-order valence-electron chi connectivity index (χ3n) is 4.00. The number of anilines is 1. The zero-order valence-corrected chi connectivity index (χ0v) is 11.5. The first-order valence-electron chi connectivity index (χ1n) is 6.24. The molecule has 0 radical (unpaired) electrons. The molecule has 2 aliphatic rings. The average Bonchev–Trinajstić information content (AvgIpc) is 2.89. The minimum atomic E-state index is 0.594.